The summed E-state index contributed by atoms with van der Waals surface area (Å²) in [6, 6.07) is 0.0196. The maximum atomic E-state index is 11.5. The Labute approximate surface area is 84.8 Å². The fourth-order valence-corrected chi connectivity index (χ4v) is 1.31. The summed E-state index contributed by atoms with van der Waals surface area (Å²) in [7, 11) is 0. The quantitative estimate of drug-likeness (QED) is 0.611. The van der Waals surface area contributed by atoms with Crippen molar-refractivity contribution >= 4 is 6.03 Å². The molecule has 2 N–H and O–H groups in total. The average molecular weight is 201 g/mol. The molecule has 0 radical (unpaired) electrons. The summed E-state index contributed by atoms with van der Waals surface area (Å²) in [6.45, 7) is 7.20. The van der Waals surface area contributed by atoms with E-state index in [4.69, 9.17) is 4.74 Å². The smallest absolute Gasteiger partial charge is 0.317 e. The van der Waals surface area contributed by atoms with Crippen molar-refractivity contribution in [2.24, 2.45) is 0 Å². The van der Waals surface area contributed by atoms with Crippen LogP contribution in [0.5, 0.6) is 0 Å². The first kappa shape index (κ1) is 11.3. The van der Waals surface area contributed by atoms with Crippen molar-refractivity contribution in [2.45, 2.75) is 6.92 Å². The zero-order chi connectivity index (χ0) is 10.2. The molecule has 82 valence electrons. The van der Waals surface area contributed by atoms with E-state index in [0.29, 0.717) is 32.8 Å². The van der Waals surface area contributed by atoms with E-state index in [-0.39, 0.29) is 6.03 Å². The zero-order valence-corrected chi connectivity index (χ0v) is 8.71. The van der Waals surface area contributed by atoms with Crippen molar-refractivity contribution < 1.29 is 9.53 Å². The molecule has 1 fully saturated rings. The van der Waals surface area contributed by atoms with Gasteiger partial charge in [0.15, 0.2) is 0 Å². The Morgan fingerprint density at radius 3 is 2.71 bits per heavy atom. The van der Waals surface area contributed by atoms with Crippen LogP contribution in [0.3, 0.4) is 0 Å². The van der Waals surface area contributed by atoms with Gasteiger partial charge in [-0.2, -0.15) is 0 Å². The lowest BCUT2D eigenvalue weighted by Gasteiger charge is -2.26. The van der Waals surface area contributed by atoms with Gasteiger partial charge in [-0.25, -0.2) is 4.79 Å². The number of carbonyl (C=O) groups is 1. The lowest BCUT2D eigenvalue weighted by Crippen LogP contribution is -2.47. The topological polar surface area (TPSA) is 53.6 Å². The standard InChI is InChI=1S/C9H19N3O2/c1-2-10-3-4-11-9(13)12-5-7-14-8-6-12/h10H,2-8H2,1H3,(H,11,13). The predicted octanol–water partition coefficient (Wildman–Crippen LogP) is -0.362. The average Bonchev–Trinajstić information content (AvgIpc) is 2.25. The van der Waals surface area contributed by atoms with Crippen LogP contribution in [0.2, 0.25) is 0 Å². The molecule has 1 rings (SSSR count). The molecule has 0 saturated carbocycles. The minimum Gasteiger partial charge on any atom is -0.378 e. The number of nitrogens with one attached hydrogen (secondary N) is 2. The number of amides is 2. The molecule has 0 aromatic rings. The molecule has 2 amide bonds. The molecule has 0 aromatic carbocycles. The van der Waals surface area contributed by atoms with Gasteiger partial charge in [0.25, 0.3) is 0 Å². The van der Waals surface area contributed by atoms with Gasteiger partial charge in [0.2, 0.25) is 0 Å². The molecule has 0 unspecified atom stereocenters. The highest BCUT2D eigenvalue weighted by molar-refractivity contribution is 5.74. The van der Waals surface area contributed by atoms with Crippen molar-refractivity contribution in [3.63, 3.8) is 0 Å². The minimum absolute atomic E-state index is 0.0196. The molecule has 0 aromatic heterocycles. The Bertz CT molecular complexity index is 169. The van der Waals surface area contributed by atoms with E-state index >= 15 is 0 Å². The van der Waals surface area contributed by atoms with Gasteiger partial charge < -0.3 is 20.3 Å². The molecule has 1 saturated heterocycles. The highest BCUT2D eigenvalue weighted by atomic mass is 16.5. The SMILES string of the molecule is CCNCCNC(=O)N1CCOCC1. The van der Waals surface area contributed by atoms with Crippen LogP contribution in [0.1, 0.15) is 6.92 Å². The lowest BCUT2D eigenvalue weighted by atomic mass is 10.4. The van der Waals surface area contributed by atoms with Crippen LogP contribution in [-0.4, -0.2) is 56.9 Å². The number of hydrogen-bond acceptors (Lipinski definition) is 3. The Kier molecular flexibility index (Phi) is 5.32. The summed E-state index contributed by atoms with van der Waals surface area (Å²) in [4.78, 5) is 13.3. The first-order valence-electron chi connectivity index (χ1n) is 5.16. The summed E-state index contributed by atoms with van der Waals surface area (Å²) < 4.78 is 5.16. The molecule has 0 spiro atoms. The highest BCUT2D eigenvalue weighted by Crippen LogP contribution is 1.96. The van der Waals surface area contributed by atoms with E-state index < -0.39 is 0 Å². The molecular formula is C9H19N3O2. The third kappa shape index (κ3) is 3.93. The minimum atomic E-state index is 0.0196. The first-order valence-corrected chi connectivity index (χ1v) is 5.16. The third-order valence-electron chi connectivity index (χ3n) is 2.13. The number of ether oxygens (including phenoxy) is 1. The Morgan fingerprint density at radius 2 is 2.07 bits per heavy atom. The molecular weight excluding hydrogens is 182 g/mol. The first-order chi connectivity index (χ1) is 6.84. The van der Waals surface area contributed by atoms with Crippen molar-refractivity contribution in [1.29, 1.82) is 0 Å². The van der Waals surface area contributed by atoms with Gasteiger partial charge in [-0.3, -0.25) is 0 Å². The Balaban J connectivity index is 2.07. The predicted molar refractivity (Wildman–Crippen MR) is 54.3 cm³/mol. The van der Waals surface area contributed by atoms with E-state index in [0.717, 1.165) is 13.1 Å². The van der Waals surface area contributed by atoms with Gasteiger partial charge in [-0.1, -0.05) is 6.92 Å². The summed E-state index contributed by atoms with van der Waals surface area (Å²) in [6.07, 6.45) is 0. The Morgan fingerprint density at radius 1 is 1.36 bits per heavy atom. The maximum Gasteiger partial charge on any atom is 0.317 e. The number of carbonyl (C=O) groups excluding carboxylic acids is 1. The second-order valence-electron chi connectivity index (χ2n) is 3.18. The van der Waals surface area contributed by atoms with Crippen molar-refractivity contribution in [3.05, 3.63) is 0 Å². The fourth-order valence-electron chi connectivity index (χ4n) is 1.31. The molecule has 1 aliphatic heterocycles. The normalized spacial score (nSPS) is 16.8. The van der Waals surface area contributed by atoms with Crippen LogP contribution in [0.15, 0.2) is 0 Å². The van der Waals surface area contributed by atoms with Gasteiger partial charge in [-0.15, -0.1) is 0 Å². The highest BCUT2D eigenvalue weighted by Gasteiger charge is 2.15. The van der Waals surface area contributed by atoms with Gasteiger partial charge in [-0.05, 0) is 6.54 Å². The second kappa shape index (κ2) is 6.62. The summed E-state index contributed by atoms with van der Waals surface area (Å²) in [5.74, 6) is 0. The Hall–Kier alpha value is -0.810. The summed E-state index contributed by atoms with van der Waals surface area (Å²) in [5.41, 5.74) is 0. The third-order valence-corrected chi connectivity index (χ3v) is 2.13. The molecule has 0 bridgehead atoms. The second-order valence-corrected chi connectivity index (χ2v) is 3.18. The number of morpholine rings is 1. The van der Waals surface area contributed by atoms with Crippen molar-refractivity contribution in [2.75, 3.05) is 45.9 Å². The largest absolute Gasteiger partial charge is 0.378 e. The maximum absolute atomic E-state index is 11.5. The van der Waals surface area contributed by atoms with Crippen LogP contribution >= 0.6 is 0 Å². The van der Waals surface area contributed by atoms with Gasteiger partial charge in [0.1, 0.15) is 0 Å². The van der Waals surface area contributed by atoms with Gasteiger partial charge in [0.05, 0.1) is 13.2 Å². The van der Waals surface area contributed by atoms with Crippen molar-refractivity contribution in [1.82, 2.24) is 15.5 Å². The molecule has 5 nitrogen and oxygen atoms in total. The lowest BCUT2D eigenvalue weighted by molar-refractivity contribution is 0.0533. The van der Waals surface area contributed by atoms with E-state index in [1.54, 1.807) is 4.90 Å². The van der Waals surface area contributed by atoms with Gasteiger partial charge in [0, 0.05) is 26.2 Å². The van der Waals surface area contributed by atoms with Crippen LogP contribution in [0.4, 0.5) is 4.79 Å². The molecule has 14 heavy (non-hydrogen) atoms. The summed E-state index contributed by atoms with van der Waals surface area (Å²) in [5, 5.41) is 6.00. The number of nitrogens with zero attached hydrogens (tertiary/aromatic N) is 1. The fraction of sp³-hybridized carbons (Fsp3) is 0.889. The number of hydrogen-bond donors (Lipinski definition) is 2. The summed E-state index contributed by atoms with van der Waals surface area (Å²) >= 11 is 0. The molecule has 0 atom stereocenters. The van der Waals surface area contributed by atoms with Crippen LogP contribution < -0.4 is 10.6 Å². The molecule has 1 heterocycles. The number of rotatable bonds is 4. The van der Waals surface area contributed by atoms with Crippen molar-refractivity contribution in [3.8, 4) is 0 Å². The van der Waals surface area contributed by atoms with Gasteiger partial charge >= 0.3 is 6.03 Å². The van der Waals surface area contributed by atoms with E-state index in [1.165, 1.54) is 0 Å². The van der Waals surface area contributed by atoms with Crippen LogP contribution in [0, 0.1) is 0 Å². The number of likely N-dealkylation sites (N-methyl/N-ethyl adjacent to an activating group) is 1. The number of urea groups is 1. The van der Waals surface area contributed by atoms with E-state index in [2.05, 4.69) is 10.6 Å². The monoisotopic (exact) mass is 201 g/mol. The van der Waals surface area contributed by atoms with E-state index in [9.17, 15) is 4.79 Å². The van der Waals surface area contributed by atoms with E-state index in [1.807, 2.05) is 6.92 Å². The van der Waals surface area contributed by atoms with Crippen LogP contribution in [0.25, 0.3) is 0 Å². The zero-order valence-electron chi connectivity index (χ0n) is 8.71. The molecule has 1 aliphatic rings. The molecule has 5 heteroatoms. The van der Waals surface area contributed by atoms with Crippen LogP contribution in [-0.2, 0) is 4.74 Å². The molecule has 0 aliphatic carbocycles.